The molecule has 5 nitrogen and oxygen atoms in total. The van der Waals surface area contributed by atoms with E-state index in [0.717, 1.165) is 25.7 Å². The van der Waals surface area contributed by atoms with Gasteiger partial charge >= 0.3 is 7.82 Å². The molecule has 1 rings (SSSR count). The average Bonchev–Trinajstić information content (AvgIpc) is 2.15. The second-order valence-electron chi connectivity index (χ2n) is 4.03. The van der Waals surface area contributed by atoms with E-state index in [4.69, 9.17) is 15.5 Å². The van der Waals surface area contributed by atoms with Gasteiger partial charge in [-0.2, -0.15) is 0 Å². The van der Waals surface area contributed by atoms with Gasteiger partial charge in [-0.1, -0.05) is 19.3 Å². The highest BCUT2D eigenvalue weighted by Gasteiger charge is 2.33. The fourth-order valence-corrected chi connectivity index (χ4v) is 2.37. The molecule has 4 N–H and O–H groups in total. The topological polar surface area (TPSA) is 92.8 Å². The first-order valence-corrected chi connectivity index (χ1v) is 6.41. The Kier molecular flexibility index (Phi) is 4.10. The van der Waals surface area contributed by atoms with Crippen LogP contribution < -0.4 is 5.73 Å². The quantitative estimate of drug-likeness (QED) is 0.618. The lowest BCUT2D eigenvalue weighted by Crippen LogP contribution is -2.36. The van der Waals surface area contributed by atoms with Gasteiger partial charge in [0.2, 0.25) is 0 Å². The van der Waals surface area contributed by atoms with Crippen LogP contribution in [0, 0.1) is 5.41 Å². The maximum absolute atomic E-state index is 10.6. The Morgan fingerprint density at radius 3 is 2.29 bits per heavy atom. The van der Waals surface area contributed by atoms with Crippen molar-refractivity contribution in [2.75, 3.05) is 13.2 Å². The van der Waals surface area contributed by atoms with Gasteiger partial charge in [-0.3, -0.25) is 4.52 Å². The zero-order valence-electron chi connectivity index (χ0n) is 8.19. The molecule has 14 heavy (non-hydrogen) atoms. The molecule has 0 amide bonds. The summed E-state index contributed by atoms with van der Waals surface area (Å²) in [6.45, 7) is 0.515. The smallest absolute Gasteiger partial charge is 0.330 e. The number of hydrogen-bond acceptors (Lipinski definition) is 3. The van der Waals surface area contributed by atoms with Gasteiger partial charge < -0.3 is 15.5 Å². The Morgan fingerprint density at radius 1 is 1.29 bits per heavy atom. The molecule has 1 fully saturated rings. The minimum Gasteiger partial charge on any atom is -0.330 e. The van der Waals surface area contributed by atoms with Crippen LogP contribution in [0.3, 0.4) is 0 Å². The molecule has 6 heteroatoms. The van der Waals surface area contributed by atoms with Gasteiger partial charge in [-0.05, 0) is 12.8 Å². The lowest BCUT2D eigenvalue weighted by molar-refractivity contribution is 0.0794. The molecule has 1 saturated carbocycles. The third-order valence-corrected chi connectivity index (χ3v) is 3.35. The molecule has 0 aromatic carbocycles. The molecular weight excluding hydrogens is 205 g/mol. The van der Waals surface area contributed by atoms with Crippen LogP contribution >= 0.6 is 7.82 Å². The molecule has 0 bridgehead atoms. The SMILES string of the molecule is NCC1(COP(=O)(O)O)CCCCC1. The summed E-state index contributed by atoms with van der Waals surface area (Å²) in [7, 11) is -4.34. The number of phosphoric acid groups is 1. The Bertz CT molecular complexity index is 221. The van der Waals surface area contributed by atoms with Crippen LogP contribution in [-0.2, 0) is 9.09 Å². The van der Waals surface area contributed by atoms with E-state index in [-0.39, 0.29) is 12.0 Å². The van der Waals surface area contributed by atoms with Crippen molar-refractivity contribution in [3.05, 3.63) is 0 Å². The average molecular weight is 223 g/mol. The molecule has 84 valence electrons. The summed E-state index contributed by atoms with van der Waals surface area (Å²) in [6, 6.07) is 0. The number of hydrogen-bond donors (Lipinski definition) is 3. The maximum Gasteiger partial charge on any atom is 0.469 e. The largest absolute Gasteiger partial charge is 0.469 e. The lowest BCUT2D eigenvalue weighted by Gasteiger charge is -2.35. The molecule has 0 aliphatic heterocycles. The summed E-state index contributed by atoms with van der Waals surface area (Å²) in [6.07, 6.45) is 5.13. The van der Waals surface area contributed by atoms with E-state index in [9.17, 15) is 4.57 Å². The third kappa shape index (κ3) is 3.67. The van der Waals surface area contributed by atoms with Crippen LogP contribution in [0.5, 0.6) is 0 Å². The van der Waals surface area contributed by atoms with E-state index >= 15 is 0 Å². The van der Waals surface area contributed by atoms with Gasteiger partial charge in [-0.25, -0.2) is 4.57 Å². The van der Waals surface area contributed by atoms with Crippen LogP contribution in [0.25, 0.3) is 0 Å². The minimum atomic E-state index is -4.34. The zero-order valence-corrected chi connectivity index (χ0v) is 9.08. The first kappa shape index (κ1) is 12.1. The summed E-state index contributed by atoms with van der Waals surface area (Å²) in [5.74, 6) is 0. The predicted octanol–water partition coefficient (Wildman–Crippen LogP) is 1.00. The molecule has 0 aromatic rings. The lowest BCUT2D eigenvalue weighted by atomic mass is 9.75. The molecule has 1 aliphatic rings. The van der Waals surface area contributed by atoms with Crippen LogP contribution in [0.1, 0.15) is 32.1 Å². The van der Waals surface area contributed by atoms with Crippen molar-refractivity contribution in [2.45, 2.75) is 32.1 Å². The van der Waals surface area contributed by atoms with Gasteiger partial charge in [0.1, 0.15) is 0 Å². The van der Waals surface area contributed by atoms with E-state index in [1.165, 1.54) is 6.42 Å². The third-order valence-electron chi connectivity index (χ3n) is 2.89. The van der Waals surface area contributed by atoms with Crippen LogP contribution in [0.15, 0.2) is 0 Å². The van der Waals surface area contributed by atoms with E-state index in [1.54, 1.807) is 0 Å². The van der Waals surface area contributed by atoms with E-state index in [1.807, 2.05) is 0 Å². The van der Waals surface area contributed by atoms with E-state index in [0.29, 0.717) is 6.54 Å². The highest BCUT2D eigenvalue weighted by molar-refractivity contribution is 7.46. The molecule has 0 radical (unpaired) electrons. The zero-order chi connectivity index (χ0) is 10.7. The minimum absolute atomic E-state index is 0.0772. The Labute approximate surface area is 83.9 Å². The second-order valence-corrected chi connectivity index (χ2v) is 5.27. The molecule has 0 heterocycles. The van der Waals surface area contributed by atoms with Crippen molar-refractivity contribution in [3.63, 3.8) is 0 Å². The molecule has 0 spiro atoms. The van der Waals surface area contributed by atoms with E-state index < -0.39 is 7.82 Å². The molecule has 0 saturated heterocycles. The van der Waals surface area contributed by atoms with Crippen molar-refractivity contribution in [3.8, 4) is 0 Å². The van der Waals surface area contributed by atoms with Crippen molar-refractivity contribution in [2.24, 2.45) is 11.1 Å². The van der Waals surface area contributed by atoms with Crippen molar-refractivity contribution in [1.82, 2.24) is 0 Å². The van der Waals surface area contributed by atoms with Gasteiger partial charge in [0.05, 0.1) is 6.61 Å². The fraction of sp³-hybridized carbons (Fsp3) is 1.00. The van der Waals surface area contributed by atoms with Crippen molar-refractivity contribution in [1.29, 1.82) is 0 Å². The Hall–Kier alpha value is 0.0700. The van der Waals surface area contributed by atoms with E-state index in [2.05, 4.69) is 4.52 Å². The normalized spacial score (nSPS) is 22.2. The predicted molar refractivity (Wildman–Crippen MR) is 52.6 cm³/mol. The first-order valence-electron chi connectivity index (χ1n) is 4.88. The molecule has 0 unspecified atom stereocenters. The molecule has 1 aliphatic carbocycles. The van der Waals surface area contributed by atoms with Gasteiger partial charge in [-0.15, -0.1) is 0 Å². The first-order chi connectivity index (χ1) is 6.47. The van der Waals surface area contributed by atoms with Gasteiger partial charge in [0.15, 0.2) is 0 Å². The maximum atomic E-state index is 10.6. The standard InChI is InChI=1S/C8H18NO4P/c9-6-8(4-2-1-3-5-8)7-13-14(10,11)12/h1-7,9H2,(H2,10,11,12). The second kappa shape index (κ2) is 4.73. The van der Waals surface area contributed by atoms with Crippen LogP contribution in [0.4, 0.5) is 0 Å². The highest BCUT2D eigenvalue weighted by atomic mass is 31.2. The number of nitrogens with two attached hydrogens (primary N) is 1. The van der Waals surface area contributed by atoms with Crippen LogP contribution in [-0.4, -0.2) is 22.9 Å². The summed E-state index contributed by atoms with van der Waals surface area (Å²) >= 11 is 0. The molecular formula is C8H18NO4P. The Balaban J connectivity index is 2.48. The summed E-state index contributed by atoms with van der Waals surface area (Å²) in [5.41, 5.74) is 5.43. The van der Waals surface area contributed by atoms with Crippen LogP contribution in [0.2, 0.25) is 0 Å². The summed E-state index contributed by atoms with van der Waals surface area (Å²) in [4.78, 5) is 17.2. The van der Waals surface area contributed by atoms with Crippen molar-refractivity contribution < 1.29 is 18.9 Å². The molecule has 0 aromatic heterocycles. The number of phosphoric ester groups is 1. The summed E-state index contributed by atoms with van der Waals surface area (Å²) < 4.78 is 15.1. The van der Waals surface area contributed by atoms with Gasteiger partial charge in [0.25, 0.3) is 0 Å². The van der Waals surface area contributed by atoms with Crippen molar-refractivity contribution >= 4 is 7.82 Å². The van der Waals surface area contributed by atoms with Gasteiger partial charge in [0, 0.05) is 12.0 Å². The fourth-order valence-electron chi connectivity index (χ4n) is 1.93. The summed E-state index contributed by atoms with van der Waals surface area (Å²) in [5, 5.41) is 0. The molecule has 0 atom stereocenters. The highest BCUT2D eigenvalue weighted by Crippen LogP contribution is 2.42. The number of rotatable bonds is 4. The Morgan fingerprint density at radius 2 is 1.86 bits per heavy atom. The monoisotopic (exact) mass is 223 g/mol.